The maximum Gasteiger partial charge on any atom is 0.287 e. The van der Waals surface area contributed by atoms with Crippen LogP contribution >= 0.6 is 0 Å². The number of nitrogens with zero attached hydrogens (tertiary/aromatic N) is 2. The third kappa shape index (κ3) is 3.25. The molecule has 2 heteroatoms. The summed E-state index contributed by atoms with van der Waals surface area (Å²) in [5.74, 6) is 0. The van der Waals surface area contributed by atoms with Gasteiger partial charge >= 0.3 is 0 Å². The van der Waals surface area contributed by atoms with E-state index in [4.69, 9.17) is 4.98 Å². The summed E-state index contributed by atoms with van der Waals surface area (Å²) in [6, 6.07) is 21.4. The van der Waals surface area contributed by atoms with E-state index in [2.05, 4.69) is 142 Å². The summed E-state index contributed by atoms with van der Waals surface area (Å²) < 4.78 is 2.50. The van der Waals surface area contributed by atoms with Gasteiger partial charge in [0.05, 0.1) is 11.0 Å². The Kier molecular flexibility index (Phi) is 5.05. The lowest BCUT2D eigenvalue weighted by atomic mass is 9.64. The lowest BCUT2D eigenvalue weighted by Gasteiger charge is -2.45. The van der Waals surface area contributed by atoms with Crippen LogP contribution in [0.15, 0.2) is 60.9 Å². The molecule has 41 heavy (non-hydrogen) atoms. The van der Waals surface area contributed by atoms with Gasteiger partial charge in [-0.3, -0.25) is 0 Å². The van der Waals surface area contributed by atoms with E-state index in [1.54, 1.807) is 0 Å². The van der Waals surface area contributed by atoms with Crippen molar-refractivity contribution in [3.8, 4) is 22.4 Å². The van der Waals surface area contributed by atoms with Gasteiger partial charge in [-0.1, -0.05) is 94.2 Å². The van der Waals surface area contributed by atoms with Crippen molar-refractivity contribution >= 4 is 21.5 Å². The summed E-state index contributed by atoms with van der Waals surface area (Å²) in [7, 11) is 0. The van der Waals surface area contributed by atoms with E-state index in [1.165, 1.54) is 77.4 Å². The highest BCUT2D eigenvalue weighted by Crippen LogP contribution is 2.57. The van der Waals surface area contributed by atoms with Crippen LogP contribution in [0.25, 0.3) is 43.9 Å². The summed E-state index contributed by atoms with van der Waals surface area (Å²) in [5, 5.41) is 5.32. The Bertz CT molecular complexity index is 1960. The number of aromatic nitrogens is 2. The Labute approximate surface area is 245 Å². The highest BCUT2D eigenvalue weighted by Gasteiger charge is 2.54. The molecule has 0 saturated heterocycles. The topological polar surface area (TPSA) is 16.8 Å². The van der Waals surface area contributed by atoms with Crippen LogP contribution in [0.1, 0.15) is 95.8 Å². The summed E-state index contributed by atoms with van der Waals surface area (Å²) in [5.41, 5.74) is 13.0. The van der Waals surface area contributed by atoms with Crippen LogP contribution in [0.4, 0.5) is 0 Å². The first-order valence-electron chi connectivity index (χ1n) is 15.2. The highest BCUT2D eigenvalue weighted by molar-refractivity contribution is 6.05. The molecule has 5 aromatic rings. The Morgan fingerprint density at radius 1 is 0.707 bits per heavy atom. The standard InChI is InChI=1S/C39H43N2/c1-22-18-24-12-15-28-32-34-31-27-16-14-26(36(3,4)5)20-25(27)13-17-30(31)38(8,9)39(10,11)41(34)21-40-35(32)37(6,7)33(28)29(24)19-23(22)2/h12-21H,1-11H3/q+1. The predicted octanol–water partition coefficient (Wildman–Crippen LogP) is 9.59. The number of benzene rings is 4. The third-order valence-corrected chi connectivity index (χ3v) is 11.1. The smallest absolute Gasteiger partial charge is 0.223 e. The van der Waals surface area contributed by atoms with E-state index in [0.29, 0.717) is 0 Å². The largest absolute Gasteiger partial charge is 0.287 e. The summed E-state index contributed by atoms with van der Waals surface area (Å²) in [6.07, 6.45) is 2.15. The van der Waals surface area contributed by atoms with Gasteiger partial charge in [-0.25, -0.2) is 4.57 Å². The Balaban J connectivity index is 1.65. The van der Waals surface area contributed by atoms with Crippen LogP contribution in [0.5, 0.6) is 0 Å². The van der Waals surface area contributed by atoms with Crippen molar-refractivity contribution in [2.24, 2.45) is 0 Å². The second-order valence-electron chi connectivity index (χ2n) is 15.3. The molecule has 0 radical (unpaired) electrons. The van der Waals surface area contributed by atoms with Crippen molar-refractivity contribution in [1.82, 2.24) is 4.98 Å². The molecular weight excluding hydrogens is 496 g/mol. The van der Waals surface area contributed by atoms with Crippen molar-refractivity contribution < 1.29 is 4.57 Å². The quantitative estimate of drug-likeness (QED) is 0.179. The van der Waals surface area contributed by atoms with Gasteiger partial charge in [0.2, 0.25) is 0 Å². The van der Waals surface area contributed by atoms with E-state index < -0.39 is 0 Å². The lowest BCUT2D eigenvalue weighted by Crippen LogP contribution is -2.65. The fourth-order valence-electron chi connectivity index (χ4n) is 7.67. The molecule has 2 aliphatic rings. The van der Waals surface area contributed by atoms with Gasteiger partial charge in [-0.15, -0.1) is 0 Å². The second-order valence-corrected chi connectivity index (χ2v) is 15.3. The minimum Gasteiger partial charge on any atom is -0.223 e. The molecular formula is C39H43N2+. The van der Waals surface area contributed by atoms with Gasteiger partial charge in [0.1, 0.15) is 11.2 Å². The molecule has 1 aliphatic carbocycles. The van der Waals surface area contributed by atoms with Gasteiger partial charge < -0.3 is 0 Å². The normalized spacial score (nSPS) is 17.7. The van der Waals surface area contributed by atoms with Gasteiger partial charge in [0, 0.05) is 11.0 Å². The fourth-order valence-corrected chi connectivity index (χ4v) is 7.67. The first-order chi connectivity index (χ1) is 19.1. The van der Waals surface area contributed by atoms with Crippen LogP contribution in [0, 0.1) is 13.8 Å². The average Bonchev–Trinajstić information content (AvgIpc) is 3.13. The zero-order valence-corrected chi connectivity index (χ0v) is 26.7. The van der Waals surface area contributed by atoms with Crippen molar-refractivity contribution in [3.63, 3.8) is 0 Å². The number of rotatable bonds is 0. The molecule has 0 fully saturated rings. The molecule has 2 nitrogen and oxygen atoms in total. The maximum absolute atomic E-state index is 5.31. The molecule has 0 amide bonds. The number of aryl methyl sites for hydroxylation is 2. The third-order valence-electron chi connectivity index (χ3n) is 11.1. The number of hydrogen-bond donors (Lipinski definition) is 0. The second kappa shape index (κ2) is 7.85. The molecule has 0 bridgehead atoms. The van der Waals surface area contributed by atoms with E-state index >= 15 is 0 Å². The average molecular weight is 540 g/mol. The van der Waals surface area contributed by atoms with Crippen molar-refractivity contribution in [2.45, 2.75) is 97.9 Å². The van der Waals surface area contributed by atoms with E-state index in [9.17, 15) is 0 Å². The van der Waals surface area contributed by atoms with E-state index in [0.717, 1.165) is 0 Å². The van der Waals surface area contributed by atoms with Crippen molar-refractivity contribution in [3.05, 3.63) is 94.4 Å². The SMILES string of the molecule is Cc1cc2ccc3c(c2cc1C)C(C)(C)c1nc[n+]2c(c1-3)-c1c(ccc3cc(C(C)(C)C)ccc13)C(C)(C)C2(C)C. The zero-order chi connectivity index (χ0) is 29.4. The molecule has 0 saturated carbocycles. The molecule has 7 rings (SSSR count). The molecule has 0 unspecified atom stereocenters. The van der Waals surface area contributed by atoms with Gasteiger partial charge in [-0.05, 0) is 102 Å². The van der Waals surface area contributed by atoms with Gasteiger partial charge in [-0.2, -0.15) is 0 Å². The van der Waals surface area contributed by atoms with Crippen molar-refractivity contribution in [1.29, 1.82) is 0 Å². The monoisotopic (exact) mass is 539 g/mol. The Hall–Kier alpha value is -3.52. The summed E-state index contributed by atoms with van der Waals surface area (Å²) in [6.45, 7) is 25.7. The van der Waals surface area contributed by atoms with Crippen molar-refractivity contribution in [2.75, 3.05) is 0 Å². The lowest BCUT2D eigenvalue weighted by molar-refractivity contribution is -0.762. The summed E-state index contributed by atoms with van der Waals surface area (Å²) in [4.78, 5) is 5.31. The van der Waals surface area contributed by atoms with Crippen LogP contribution in [0.2, 0.25) is 0 Å². The Morgan fingerprint density at radius 2 is 1.37 bits per heavy atom. The highest BCUT2D eigenvalue weighted by atomic mass is 15.1. The fraction of sp³-hybridized carbons (Fsp3) is 0.385. The van der Waals surface area contributed by atoms with Gasteiger partial charge in [0.15, 0.2) is 5.69 Å². The molecule has 4 aromatic carbocycles. The molecule has 1 aliphatic heterocycles. The van der Waals surface area contributed by atoms with Crippen LogP contribution in [-0.2, 0) is 21.8 Å². The molecule has 0 N–H and O–H groups in total. The first kappa shape index (κ1) is 26.4. The Morgan fingerprint density at radius 3 is 2.07 bits per heavy atom. The number of hydrogen-bond acceptors (Lipinski definition) is 1. The van der Waals surface area contributed by atoms with Crippen LogP contribution in [0.3, 0.4) is 0 Å². The predicted molar refractivity (Wildman–Crippen MR) is 173 cm³/mol. The van der Waals surface area contributed by atoms with Crippen LogP contribution < -0.4 is 4.57 Å². The van der Waals surface area contributed by atoms with Crippen LogP contribution in [-0.4, -0.2) is 4.98 Å². The zero-order valence-electron chi connectivity index (χ0n) is 26.7. The first-order valence-corrected chi connectivity index (χ1v) is 15.2. The molecule has 2 heterocycles. The minimum atomic E-state index is -0.206. The minimum absolute atomic E-state index is 0.0955. The molecule has 1 aromatic heterocycles. The number of fused-ring (bicyclic) bond motifs is 11. The molecule has 0 atom stereocenters. The summed E-state index contributed by atoms with van der Waals surface area (Å²) >= 11 is 0. The molecule has 0 spiro atoms. The van der Waals surface area contributed by atoms with Gasteiger partial charge in [0.25, 0.3) is 6.33 Å². The van der Waals surface area contributed by atoms with E-state index in [-0.39, 0.29) is 21.8 Å². The molecule has 208 valence electrons. The van der Waals surface area contributed by atoms with E-state index in [1.807, 2.05) is 0 Å². The maximum atomic E-state index is 5.31.